The van der Waals surface area contributed by atoms with E-state index in [4.69, 9.17) is 0 Å². The maximum atomic E-state index is 13.1. The third kappa shape index (κ3) is 3.62. The number of allylic oxidation sites excluding steroid dienone is 6. The van der Waals surface area contributed by atoms with Gasteiger partial charge in [0.15, 0.2) is 11.6 Å². The minimum atomic E-state index is -0.133. The van der Waals surface area contributed by atoms with Gasteiger partial charge in [0.2, 0.25) is 0 Å². The zero-order chi connectivity index (χ0) is 22.6. The van der Waals surface area contributed by atoms with Crippen molar-refractivity contribution in [2.75, 3.05) is 0 Å². The largest absolute Gasteiger partial charge is 0.295 e. The molecule has 2 nitrogen and oxygen atoms in total. The molecule has 0 spiro atoms. The minimum absolute atomic E-state index is 0.116. The summed E-state index contributed by atoms with van der Waals surface area (Å²) in [4.78, 5) is 25.1. The molecule has 0 saturated heterocycles. The van der Waals surface area contributed by atoms with Crippen LogP contribution >= 0.6 is 0 Å². The van der Waals surface area contributed by atoms with Gasteiger partial charge in [-0.2, -0.15) is 0 Å². The van der Waals surface area contributed by atoms with Crippen molar-refractivity contribution in [2.45, 2.75) is 86.5 Å². The Bertz CT molecular complexity index is 843. The van der Waals surface area contributed by atoms with Gasteiger partial charge in [-0.15, -0.1) is 0 Å². The molecule has 4 rings (SSSR count). The Morgan fingerprint density at radius 1 is 1.00 bits per heavy atom. The first kappa shape index (κ1) is 22.7. The number of fused-ring (bicyclic) bond motifs is 5. The lowest BCUT2D eigenvalue weighted by Crippen LogP contribution is -2.48. The van der Waals surface area contributed by atoms with Gasteiger partial charge in [-0.25, -0.2) is 0 Å². The third-order valence-electron chi connectivity index (χ3n) is 9.95. The van der Waals surface area contributed by atoms with Gasteiger partial charge in [-0.1, -0.05) is 59.3 Å². The van der Waals surface area contributed by atoms with Crippen LogP contribution in [0.4, 0.5) is 0 Å². The van der Waals surface area contributed by atoms with E-state index in [1.54, 1.807) is 6.08 Å². The average molecular weight is 423 g/mol. The number of hydrogen-bond donors (Lipinski definition) is 0. The summed E-state index contributed by atoms with van der Waals surface area (Å²) >= 11 is 0. The Hall–Kier alpha value is -1.44. The van der Waals surface area contributed by atoms with Gasteiger partial charge in [-0.05, 0) is 91.6 Å². The summed E-state index contributed by atoms with van der Waals surface area (Å²) in [6, 6.07) is 0. The fourth-order valence-electron chi connectivity index (χ4n) is 7.93. The number of hydrogen-bond acceptors (Lipinski definition) is 2. The van der Waals surface area contributed by atoms with E-state index in [1.807, 2.05) is 6.08 Å². The molecule has 0 bridgehead atoms. The molecule has 0 unspecified atom stereocenters. The molecule has 0 aliphatic heterocycles. The molecule has 170 valence electrons. The molecule has 4 aliphatic carbocycles. The van der Waals surface area contributed by atoms with Gasteiger partial charge < -0.3 is 0 Å². The summed E-state index contributed by atoms with van der Waals surface area (Å²) in [6.45, 7) is 14.1. The summed E-state index contributed by atoms with van der Waals surface area (Å²) in [5.41, 5.74) is 2.38. The highest BCUT2D eigenvalue weighted by molar-refractivity contribution is 6.11. The predicted molar refractivity (Wildman–Crippen MR) is 127 cm³/mol. The maximum Gasteiger partial charge on any atom is 0.182 e. The zero-order valence-electron chi connectivity index (χ0n) is 20.5. The van der Waals surface area contributed by atoms with E-state index in [0.29, 0.717) is 41.9 Å². The fraction of sp³-hybridized carbons (Fsp3) is 0.724. The van der Waals surface area contributed by atoms with E-state index >= 15 is 0 Å². The molecule has 0 radical (unpaired) electrons. The van der Waals surface area contributed by atoms with Crippen LogP contribution < -0.4 is 0 Å². The molecule has 2 fully saturated rings. The van der Waals surface area contributed by atoms with E-state index in [1.165, 1.54) is 31.3 Å². The molecular formula is C29H42O2. The second kappa shape index (κ2) is 8.16. The Balaban J connectivity index is 1.61. The summed E-state index contributed by atoms with van der Waals surface area (Å²) in [5, 5.41) is 0. The molecule has 2 saturated carbocycles. The molecule has 7 atom stereocenters. The maximum absolute atomic E-state index is 13.1. The highest BCUT2D eigenvalue weighted by atomic mass is 16.1. The molecule has 0 aromatic heterocycles. The summed E-state index contributed by atoms with van der Waals surface area (Å²) in [5.74, 6) is 3.85. The van der Waals surface area contributed by atoms with Crippen LogP contribution in [0.5, 0.6) is 0 Å². The standard InChI is InChI=1S/C29H42O2/c1-7-20(18(2)3)9-8-19(4)23-10-11-24-22-17-27(31)26-16-21(30)12-14-29(26,6)25(22)13-15-28(23,24)5/h8-9,16-20,23-25H,7,10-15H2,1-6H3/t19-,20-,23-,24-,25+,28-,29-/m1/s1. The van der Waals surface area contributed by atoms with Crippen molar-refractivity contribution in [1.29, 1.82) is 0 Å². The van der Waals surface area contributed by atoms with Crippen molar-refractivity contribution in [3.63, 3.8) is 0 Å². The Kier molecular flexibility index (Phi) is 5.99. The van der Waals surface area contributed by atoms with E-state index in [0.717, 1.165) is 18.4 Å². The predicted octanol–water partition coefficient (Wildman–Crippen LogP) is 7.11. The Morgan fingerprint density at radius 2 is 1.74 bits per heavy atom. The molecular weight excluding hydrogens is 380 g/mol. The summed E-state index contributed by atoms with van der Waals surface area (Å²) in [6.07, 6.45) is 16.2. The molecule has 0 N–H and O–H groups in total. The summed E-state index contributed by atoms with van der Waals surface area (Å²) in [7, 11) is 0. The first-order chi connectivity index (χ1) is 14.6. The quantitative estimate of drug-likeness (QED) is 0.442. The lowest BCUT2D eigenvalue weighted by Gasteiger charge is -2.54. The van der Waals surface area contributed by atoms with Crippen LogP contribution in [-0.4, -0.2) is 11.6 Å². The monoisotopic (exact) mass is 422 g/mol. The van der Waals surface area contributed by atoms with Crippen LogP contribution in [-0.2, 0) is 9.59 Å². The first-order valence-electron chi connectivity index (χ1n) is 12.8. The van der Waals surface area contributed by atoms with Crippen LogP contribution in [0.25, 0.3) is 0 Å². The van der Waals surface area contributed by atoms with Crippen LogP contribution in [0.2, 0.25) is 0 Å². The normalized spacial score (nSPS) is 39.6. The van der Waals surface area contributed by atoms with E-state index < -0.39 is 0 Å². The molecule has 2 heteroatoms. The zero-order valence-corrected chi connectivity index (χ0v) is 20.5. The molecule has 0 aromatic carbocycles. The van der Waals surface area contributed by atoms with Gasteiger partial charge >= 0.3 is 0 Å². The molecule has 4 aliphatic rings. The van der Waals surface area contributed by atoms with Gasteiger partial charge in [0.1, 0.15) is 0 Å². The Morgan fingerprint density at radius 3 is 2.42 bits per heavy atom. The van der Waals surface area contributed by atoms with Crippen LogP contribution in [0.15, 0.2) is 35.5 Å². The van der Waals surface area contributed by atoms with Crippen molar-refractivity contribution >= 4 is 11.6 Å². The lowest BCUT2D eigenvalue weighted by molar-refractivity contribution is -0.119. The van der Waals surface area contributed by atoms with Crippen LogP contribution in [0.3, 0.4) is 0 Å². The molecule has 0 amide bonds. The topological polar surface area (TPSA) is 34.1 Å². The van der Waals surface area contributed by atoms with Gasteiger partial charge in [0.05, 0.1) is 0 Å². The van der Waals surface area contributed by atoms with E-state index in [9.17, 15) is 9.59 Å². The molecule has 31 heavy (non-hydrogen) atoms. The second-order valence-electron chi connectivity index (χ2n) is 11.8. The van der Waals surface area contributed by atoms with Crippen molar-refractivity contribution in [2.24, 2.45) is 46.3 Å². The highest BCUT2D eigenvalue weighted by Gasteiger charge is 2.58. The summed E-state index contributed by atoms with van der Waals surface area (Å²) < 4.78 is 0. The molecule has 0 aromatic rings. The number of rotatable bonds is 5. The van der Waals surface area contributed by atoms with Crippen molar-refractivity contribution in [3.8, 4) is 0 Å². The fourth-order valence-corrected chi connectivity index (χ4v) is 7.93. The number of carbonyl (C=O) groups excluding carboxylic acids is 2. The first-order valence-corrected chi connectivity index (χ1v) is 12.8. The Labute approximate surface area is 189 Å². The third-order valence-corrected chi connectivity index (χ3v) is 9.95. The second-order valence-corrected chi connectivity index (χ2v) is 11.8. The van der Waals surface area contributed by atoms with Gasteiger partial charge in [0, 0.05) is 17.4 Å². The van der Waals surface area contributed by atoms with E-state index in [-0.39, 0.29) is 22.4 Å². The molecule has 0 heterocycles. The number of ketones is 2. The van der Waals surface area contributed by atoms with Crippen molar-refractivity contribution < 1.29 is 9.59 Å². The van der Waals surface area contributed by atoms with Crippen LogP contribution in [0, 0.1) is 46.3 Å². The SMILES string of the molecule is CC[C@H](C=C[C@@H](C)[C@H]1CC[C@@H]2C3=CC(=O)C4=CC(=O)CC[C@]4(C)[C@H]3CC[C@@]21C)C(C)C. The lowest BCUT2D eigenvalue weighted by atomic mass is 9.49. The van der Waals surface area contributed by atoms with Crippen molar-refractivity contribution in [3.05, 3.63) is 35.5 Å². The average Bonchev–Trinajstić information content (AvgIpc) is 3.07. The van der Waals surface area contributed by atoms with Crippen LogP contribution in [0.1, 0.15) is 86.5 Å². The number of carbonyl (C=O) groups is 2. The minimum Gasteiger partial charge on any atom is -0.295 e. The highest BCUT2D eigenvalue weighted by Crippen LogP contribution is 2.65. The van der Waals surface area contributed by atoms with E-state index in [2.05, 4.69) is 53.7 Å². The smallest absolute Gasteiger partial charge is 0.182 e. The van der Waals surface area contributed by atoms with Gasteiger partial charge in [0.25, 0.3) is 0 Å². The van der Waals surface area contributed by atoms with Gasteiger partial charge in [-0.3, -0.25) is 9.59 Å². The van der Waals surface area contributed by atoms with Crippen molar-refractivity contribution in [1.82, 2.24) is 0 Å².